The van der Waals surface area contributed by atoms with E-state index in [9.17, 15) is 0 Å². The monoisotopic (exact) mass is 160 g/mol. The van der Waals surface area contributed by atoms with E-state index in [1.165, 1.54) is 0 Å². The lowest BCUT2D eigenvalue weighted by Gasteiger charge is -2.22. The summed E-state index contributed by atoms with van der Waals surface area (Å²) in [6, 6.07) is 0. The second-order valence-corrected chi connectivity index (χ2v) is 3.20. The van der Waals surface area contributed by atoms with Gasteiger partial charge in [-0.05, 0) is 20.3 Å². The van der Waals surface area contributed by atoms with Gasteiger partial charge in [-0.3, -0.25) is 0 Å². The third-order valence-electron chi connectivity index (χ3n) is 1.86. The number of hydrogen-bond donors (Lipinski definition) is 1. The molecule has 1 fully saturated rings. The van der Waals surface area contributed by atoms with Crippen molar-refractivity contribution in [1.82, 2.24) is 0 Å². The largest absolute Gasteiger partial charge is 0.396 e. The van der Waals surface area contributed by atoms with Crippen LogP contribution in [-0.2, 0) is 9.47 Å². The van der Waals surface area contributed by atoms with E-state index in [0.29, 0.717) is 6.61 Å². The summed E-state index contributed by atoms with van der Waals surface area (Å²) >= 11 is 0. The van der Waals surface area contributed by atoms with Crippen molar-refractivity contribution >= 4 is 0 Å². The second-order valence-electron chi connectivity index (χ2n) is 3.20. The predicted molar refractivity (Wildman–Crippen MR) is 41.2 cm³/mol. The van der Waals surface area contributed by atoms with Crippen LogP contribution in [0, 0.1) is 0 Å². The Kier molecular flexibility index (Phi) is 2.87. The molecule has 0 amide bonds. The number of ether oxygens (including phenoxy) is 2. The molecule has 11 heavy (non-hydrogen) atoms. The number of aliphatic hydroxyl groups is 1. The highest BCUT2D eigenvalue weighted by atomic mass is 16.7. The van der Waals surface area contributed by atoms with Gasteiger partial charge in [0.15, 0.2) is 5.79 Å². The van der Waals surface area contributed by atoms with E-state index in [0.717, 1.165) is 12.8 Å². The van der Waals surface area contributed by atoms with Gasteiger partial charge in [0.05, 0.1) is 12.7 Å². The molecule has 1 N–H and O–H groups in total. The molecule has 0 bridgehead atoms. The van der Waals surface area contributed by atoms with E-state index in [1.807, 2.05) is 13.8 Å². The maximum Gasteiger partial charge on any atom is 0.166 e. The zero-order chi connectivity index (χ0) is 8.32. The van der Waals surface area contributed by atoms with E-state index < -0.39 is 5.79 Å². The molecule has 0 spiro atoms. The summed E-state index contributed by atoms with van der Waals surface area (Å²) in [6.07, 6.45) is 1.70. The molecular weight excluding hydrogens is 144 g/mol. The predicted octanol–water partition coefficient (Wildman–Crippen LogP) is 0.910. The van der Waals surface area contributed by atoms with Gasteiger partial charge in [0, 0.05) is 13.0 Å². The minimum Gasteiger partial charge on any atom is -0.396 e. The van der Waals surface area contributed by atoms with Crippen LogP contribution in [-0.4, -0.2) is 30.2 Å². The van der Waals surface area contributed by atoms with E-state index in [1.54, 1.807) is 0 Å². The molecule has 0 radical (unpaired) electrons. The summed E-state index contributed by atoms with van der Waals surface area (Å²) in [6.45, 7) is 4.79. The second kappa shape index (κ2) is 3.52. The van der Waals surface area contributed by atoms with Crippen LogP contribution in [0.2, 0.25) is 0 Å². The van der Waals surface area contributed by atoms with Gasteiger partial charge in [-0.15, -0.1) is 0 Å². The lowest BCUT2D eigenvalue weighted by molar-refractivity contribution is -0.158. The van der Waals surface area contributed by atoms with Crippen molar-refractivity contribution in [3.63, 3.8) is 0 Å². The fourth-order valence-corrected chi connectivity index (χ4v) is 1.32. The zero-order valence-corrected chi connectivity index (χ0v) is 7.17. The summed E-state index contributed by atoms with van der Waals surface area (Å²) in [7, 11) is 0. The van der Waals surface area contributed by atoms with Crippen molar-refractivity contribution in [1.29, 1.82) is 0 Å². The highest BCUT2D eigenvalue weighted by molar-refractivity contribution is 4.71. The molecular formula is C8H16O3. The summed E-state index contributed by atoms with van der Waals surface area (Å²) < 4.78 is 10.9. The van der Waals surface area contributed by atoms with Crippen LogP contribution in [0.3, 0.4) is 0 Å². The molecule has 1 aliphatic rings. The standard InChI is InChI=1S/C8H16O3/c1-7-6-10-8(2,11-7)4-3-5-9/h7,9H,3-6H2,1-2H3. The molecule has 1 rings (SSSR count). The van der Waals surface area contributed by atoms with Gasteiger partial charge in [-0.2, -0.15) is 0 Å². The van der Waals surface area contributed by atoms with Crippen LogP contribution in [0.4, 0.5) is 0 Å². The summed E-state index contributed by atoms with van der Waals surface area (Å²) in [5, 5.41) is 8.60. The molecule has 1 saturated heterocycles. The van der Waals surface area contributed by atoms with Crippen molar-refractivity contribution in [2.45, 2.75) is 38.6 Å². The normalized spacial score (nSPS) is 37.9. The van der Waals surface area contributed by atoms with Gasteiger partial charge in [0.25, 0.3) is 0 Å². The minimum absolute atomic E-state index is 0.193. The topological polar surface area (TPSA) is 38.7 Å². The Morgan fingerprint density at radius 2 is 2.36 bits per heavy atom. The quantitative estimate of drug-likeness (QED) is 0.667. The maximum absolute atomic E-state index is 8.60. The molecule has 3 nitrogen and oxygen atoms in total. The average molecular weight is 160 g/mol. The molecule has 2 atom stereocenters. The molecule has 0 aromatic carbocycles. The maximum atomic E-state index is 8.60. The molecule has 0 saturated carbocycles. The fraction of sp³-hybridized carbons (Fsp3) is 1.00. The van der Waals surface area contributed by atoms with E-state index in [2.05, 4.69) is 0 Å². The van der Waals surface area contributed by atoms with Gasteiger partial charge < -0.3 is 14.6 Å². The van der Waals surface area contributed by atoms with Crippen LogP contribution in [0.5, 0.6) is 0 Å². The third-order valence-corrected chi connectivity index (χ3v) is 1.86. The van der Waals surface area contributed by atoms with Gasteiger partial charge in [-0.1, -0.05) is 0 Å². The molecule has 0 aliphatic carbocycles. The molecule has 2 unspecified atom stereocenters. The van der Waals surface area contributed by atoms with Crippen molar-refractivity contribution in [2.75, 3.05) is 13.2 Å². The first-order chi connectivity index (χ1) is 5.16. The fourth-order valence-electron chi connectivity index (χ4n) is 1.32. The first-order valence-electron chi connectivity index (χ1n) is 4.09. The third kappa shape index (κ3) is 2.43. The van der Waals surface area contributed by atoms with Gasteiger partial charge >= 0.3 is 0 Å². The molecule has 3 heteroatoms. The number of hydrogen-bond acceptors (Lipinski definition) is 3. The van der Waals surface area contributed by atoms with Crippen molar-refractivity contribution in [2.24, 2.45) is 0 Å². The van der Waals surface area contributed by atoms with Gasteiger partial charge in [0.1, 0.15) is 0 Å². The molecule has 0 aromatic rings. The van der Waals surface area contributed by atoms with Crippen LogP contribution in [0.1, 0.15) is 26.7 Å². The van der Waals surface area contributed by atoms with Crippen LogP contribution >= 0.6 is 0 Å². The SMILES string of the molecule is CC1COC(C)(CCCO)O1. The van der Waals surface area contributed by atoms with Crippen molar-refractivity contribution in [3.8, 4) is 0 Å². The minimum atomic E-state index is -0.442. The Labute approximate surface area is 67.3 Å². The van der Waals surface area contributed by atoms with Crippen LogP contribution in [0.25, 0.3) is 0 Å². The van der Waals surface area contributed by atoms with Crippen molar-refractivity contribution < 1.29 is 14.6 Å². The smallest absolute Gasteiger partial charge is 0.166 e. The first-order valence-corrected chi connectivity index (χ1v) is 4.09. The van der Waals surface area contributed by atoms with Gasteiger partial charge in [-0.25, -0.2) is 0 Å². The van der Waals surface area contributed by atoms with E-state index in [-0.39, 0.29) is 12.7 Å². The van der Waals surface area contributed by atoms with Gasteiger partial charge in [0.2, 0.25) is 0 Å². The Bertz CT molecular complexity index is 127. The van der Waals surface area contributed by atoms with Crippen molar-refractivity contribution in [3.05, 3.63) is 0 Å². The van der Waals surface area contributed by atoms with E-state index >= 15 is 0 Å². The lowest BCUT2D eigenvalue weighted by atomic mass is 10.2. The summed E-state index contributed by atoms with van der Waals surface area (Å²) in [5.41, 5.74) is 0. The molecule has 1 heterocycles. The Morgan fingerprint density at radius 3 is 2.82 bits per heavy atom. The van der Waals surface area contributed by atoms with Crippen LogP contribution in [0.15, 0.2) is 0 Å². The Hall–Kier alpha value is -0.120. The first kappa shape index (κ1) is 8.97. The molecule has 66 valence electrons. The number of aliphatic hydroxyl groups excluding tert-OH is 1. The highest BCUT2D eigenvalue weighted by Gasteiger charge is 2.34. The Balaban J connectivity index is 2.29. The molecule has 0 aromatic heterocycles. The zero-order valence-electron chi connectivity index (χ0n) is 7.17. The average Bonchev–Trinajstić information content (AvgIpc) is 2.28. The summed E-state index contributed by atoms with van der Waals surface area (Å²) in [4.78, 5) is 0. The Morgan fingerprint density at radius 1 is 1.64 bits per heavy atom. The summed E-state index contributed by atoms with van der Waals surface area (Å²) in [5.74, 6) is -0.442. The van der Waals surface area contributed by atoms with E-state index in [4.69, 9.17) is 14.6 Å². The highest BCUT2D eigenvalue weighted by Crippen LogP contribution is 2.27. The lowest BCUT2D eigenvalue weighted by Crippen LogP contribution is -2.26. The number of rotatable bonds is 3. The molecule has 1 aliphatic heterocycles. The van der Waals surface area contributed by atoms with Crippen LogP contribution < -0.4 is 0 Å².